The molecule has 0 aromatic heterocycles. The van der Waals surface area contributed by atoms with Gasteiger partial charge in [0, 0.05) is 34.9 Å². The Balaban J connectivity index is 2.02. The summed E-state index contributed by atoms with van der Waals surface area (Å²) in [5.41, 5.74) is 0.985. The number of anilines is 1. The molecule has 0 unspecified atom stereocenters. The van der Waals surface area contributed by atoms with E-state index < -0.39 is 16.6 Å². The van der Waals surface area contributed by atoms with Gasteiger partial charge in [-0.05, 0) is 31.0 Å². The van der Waals surface area contributed by atoms with Crippen LogP contribution in [0, 0.1) is 12.7 Å². The molecular weight excluding hydrogens is 279 g/mol. The first-order chi connectivity index (χ1) is 9.47. The molecule has 0 radical (unpaired) electrons. The van der Waals surface area contributed by atoms with Crippen LogP contribution in [0.3, 0.4) is 0 Å². The molecule has 1 aromatic carbocycles. The molecule has 0 aliphatic carbocycles. The lowest BCUT2D eigenvalue weighted by molar-refractivity contribution is 0.215. The summed E-state index contributed by atoms with van der Waals surface area (Å²) in [5.74, 6) is 0.0374. The second kappa shape index (κ2) is 6.35. The lowest BCUT2D eigenvalue weighted by Gasteiger charge is -2.20. The third-order valence-corrected chi connectivity index (χ3v) is 5.19. The van der Waals surface area contributed by atoms with Gasteiger partial charge in [0.15, 0.2) is 0 Å². The van der Waals surface area contributed by atoms with Gasteiger partial charge in [0.2, 0.25) is 0 Å². The Kier molecular flexibility index (Phi) is 4.75. The molecule has 0 bridgehead atoms. The van der Waals surface area contributed by atoms with Crippen LogP contribution in [0.1, 0.15) is 18.9 Å². The maximum atomic E-state index is 13.7. The van der Waals surface area contributed by atoms with Crippen molar-refractivity contribution < 1.29 is 13.4 Å². The third kappa shape index (κ3) is 3.56. The number of nitrogens with zero attached hydrogens (tertiary/aromatic N) is 1. The molecule has 2 rings (SSSR count). The molecule has 1 heterocycles. The lowest BCUT2D eigenvalue weighted by Crippen LogP contribution is -2.37. The fourth-order valence-electron chi connectivity index (χ4n) is 2.10. The minimum Gasteiger partial charge on any atom is -0.324 e. The van der Waals surface area contributed by atoms with Crippen LogP contribution in [0.25, 0.3) is 0 Å². The van der Waals surface area contributed by atoms with Crippen molar-refractivity contribution in [1.82, 2.24) is 4.90 Å². The van der Waals surface area contributed by atoms with E-state index in [0.29, 0.717) is 25.3 Å². The molecule has 1 aliphatic heterocycles. The van der Waals surface area contributed by atoms with Gasteiger partial charge in [0.25, 0.3) is 0 Å². The molecule has 1 aromatic rings. The number of hydrogen-bond donors (Lipinski definition) is 1. The molecule has 1 N–H and O–H groups in total. The van der Waals surface area contributed by atoms with Crippen LogP contribution < -0.4 is 5.32 Å². The minimum absolute atomic E-state index is 0.101. The topological polar surface area (TPSA) is 49.4 Å². The van der Waals surface area contributed by atoms with Crippen molar-refractivity contribution in [3.05, 3.63) is 29.6 Å². The molecule has 0 spiro atoms. The Morgan fingerprint density at radius 2 is 2.20 bits per heavy atom. The van der Waals surface area contributed by atoms with Crippen LogP contribution in [-0.2, 0) is 10.8 Å². The number of carbonyl (C=O) groups is 1. The summed E-state index contributed by atoms with van der Waals surface area (Å²) in [6, 6.07) is 4.35. The van der Waals surface area contributed by atoms with Gasteiger partial charge in [0.1, 0.15) is 5.82 Å². The van der Waals surface area contributed by atoms with E-state index in [9.17, 15) is 13.4 Å². The van der Waals surface area contributed by atoms with Gasteiger partial charge in [-0.2, -0.15) is 0 Å². The number of nitrogens with one attached hydrogen (secondary N) is 1. The first-order valence-electron chi connectivity index (χ1n) is 6.66. The van der Waals surface area contributed by atoms with Crippen molar-refractivity contribution in [2.75, 3.05) is 24.2 Å². The monoisotopic (exact) mass is 298 g/mol. The summed E-state index contributed by atoms with van der Waals surface area (Å²) in [5, 5.41) is 2.68. The standard InChI is InChI=1S/C14H19FN2O2S/c1-10-3-4-13(12(15)9-10)16-14(18)17-6-5-11(2)20(19)8-7-17/h3-4,9,11H,5-8H2,1-2H3,(H,16,18)/t11-,20-/m0/s1. The highest BCUT2D eigenvalue weighted by molar-refractivity contribution is 7.85. The predicted molar refractivity (Wildman–Crippen MR) is 78.8 cm³/mol. The van der Waals surface area contributed by atoms with Crippen LogP contribution in [0.15, 0.2) is 18.2 Å². The first kappa shape index (κ1) is 15.0. The van der Waals surface area contributed by atoms with E-state index >= 15 is 0 Å². The molecule has 6 heteroatoms. The maximum absolute atomic E-state index is 13.7. The number of rotatable bonds is 1. The van der Waals surface area contributed by atoms with Gasteiger partial charge in [-0.3, -0.25) is 4.21 Å². The van der Waals surface area contributed by atoms with E-state index in [1.54, 1.807) is 24.0 Å². The SMILES string of the molecule is Cc1ccc(NC(=O)N2CC[C@H](C)[S@@](=O)CC2)c(F)c1. The van der Waals surface area contributed by atoms with Crippen molar-refractivity contribution in [2.45, 2.75) is 25.5 Å². The Hall–Kier alpha value is -1.43. The minimum atomic E-state index is -0.889. The summed E-state index contributed by atoms with van der Waals surface area (Å²) in [7, 11) is -0.889. The fourth-order valence-corrected chi connectivity index (χ4v) is 3.27. The molecular formula is C14H19FN2O2S. The largest absolute Gasteiger partial charge is 0.324 e. The second-order valence-corrected chi connectivity index (χ2v) is 7.06. The quantitative estimate of drug-likeness (QED) is 0.866. The maximum Gasteiger partial charge on any atom is 0.321 e. The summed E-state index contributed by atoms with van der Waals surface area (Å²) < 4.78 is 25.4. The smallest absolute Gasteiger partial charge is 0.321 e. The van der Waals surface area contributed by atoms with Crippen LogP contribution in [0.2, 0.25) is 0 Å². The number of hydrogen-bond acceptors (Lipinski definition) is 2. The number of amides is 2. The number of carbonyl (C=O) groups excluding carboxylic acids is 1. The fraction of sp³-hybridized carbons (Fsp3) is 0.500. The highest BCUT2D eigenvalue weighted by Gasteiger charge is 2.23. The van der Waals surface area contributed by atoms with E-state index in [-0.39, 0.29) is 17.0 Å². The van der Waals surface area contributed by atoms with Gasteiger partial charge in [-0.1, -0.05) is 13.0 Å². The Morgan fingerprint density at radius 1 is 1.45 bits per heavy atom. The Labute approximate surface area is 120 Å². The van der Waals surface area contributed by atoms with Crippen molar-refractivity contribution in [2.24, 2.45) is 0 Å². The molecule has 20 heavy (non-hydrogen) atoms. The van der Waals surface area contributed by atoms with Crippen LogP contribution in [0.4, 0.5) is 14.9 Å². The van der Waals surface area contributed by atoms with Crippen LogP contribution in [0.5, 0.6) is 0 Å². The van der Waals surface area contributed by atoms with Gasteiger partial charge < -0.3 is 10.2 Å². The number of urea groups is 1. The lowest BCUT2D eigenvalue weighted by atomic mass is 10.2. The van der Waals surface area contributed by atoms with E-state index in [1.807, 2.05) is 6.92 Å². The van der Waals surface area contributed by atoms with Crippen molar-refractivity contribution in [3.8, 4) is 0 Å². The van der Waals surface area contributed by atoms with Crippen LogP contribution in [-0.4, -0.2) is 39.2 Å². The highest BCUT2D eigenvalue weighted by Crippen LogP contribution is 2.17. The Morgan fingerprint density at radius 3 is 2.90 bits per heavy atom. The summed E-state index contributed by atoms with van der Waals surface area (Å²) >= 11 is 0. The molecule has 110 valence electrons. The molecule has 0 saturated carbocycles. The van der Waals surface area contributed by atoms with Crippen molar-refractivity contribution >= 4 is 22.5 Å². The number of halogens is 1. The molecule has 2 atom stereocenters. The first-order valence-corrected chi connectivity index (χ1v) is 8.05. The van der Waals surface area contributed by atoms with E-state index in [2.05, 4.69) is 5.32 Å². The van der Waals surface area contributed by atoms with Gasteiger partial charge in [-0.15, -0.1) is 0 Å². The summed E-state index contributed by atoms with van der Waals surface area (Å²) in [6.07, 6.45) is 0.705. The second-order valence-electron chi connectivity index (χ2n) is 5.08. The molecule has 1 aliphatic rings. The van der Waals surface area contributed by atoms with Crippen molar-refractivity contribution in [3.63, 3.8) is 0 Å². The molecule has 1 fully saturated rings. The van der Waals surface area contributed by atoms with E-state index in [0.717, 1.165) is 5.56 Å². The van der Waals surface area contributed by atoms with Crippen molar-refractivity contribution in [1.29, 1.82) is 0 Å². The summed E-state index contributed by atoms with van der Waals surface area (Å²) in [6.45, 7) is 4.71. The van der Waals surface area contributed by atoms with E-state index in [1.165, 1.54) is 6.07 Å². The molecule has 1 saturated heterocycles. The third-order valence-electron chi connectivity index (χ3n) is 3.47. The summed E-state index contributed by atoms with van der Waals surface area (Å²) in [4.78, 5) is 13.7. The van der Waals surface area contributed by atoms with Gasteiger partial charge in [0.05, 0.1) is 5.69 Å². The predicted octanol–water partition coefficient (Wildman–Crippen LogP) is 2.51. The zero-order chi connectivity index (χ0) is 14.7. The zero-order valence-electron chi connectivity index (χ0n) is 11.7. The zero-order valence-corrected chi connectivity index (χ0v) is 12.5. The number of aryl methyl sites for hydroxylation is 1. The van der Waals surface area contributed by atoms with Gasteiger partial charge >= 0.3 is 6.03 Å². The molecule has 2 amide bonds. The Bertz CT molecular complexity index is 536. The number of benzene rings is 1. The van der Waals surface area contributed by atoms with E-state index in [4.69, 9.17) is 0 Å². The average Bonchev–Trinajstić information content (AvgIpc) is 2.56. The van der Waals surface area contributed by atoms with Crippen LogP contribution >= 0.6 is 0 Å². The molecule has 4 nitrogen and oxygen atoms in total. The van der Waals surface area contributed by atoms with Gasteiger partial charge in [-0.25, -0.2) is 9.18 Å². The average molecular weight is 298 g/mol. The normalized spacial score (nSPS) is 23.2. The highest BCUT2D eigenvalue weighted by atomic mass is 32.2.